The molecule has 2 saturated heterocycles. The van der Waals surface area contributed by atoms with Crippen molar-refractivity contribution < 1.29 is 19.1 Å². The van der Waals surface area contributed by atoms with Gasteiger partial charge in [0, 0.05) is 33.3 Å². The first-order valence-corrected chi connectivity index (χ1v) is 11.8. The first kappa shape index (κ1) is 24.0. The monoisotopic (exact) mass is 463 g/mol. The topological polar surface area (TPSA) is 62.3 Å². The van der Waals surface area contributed by atoms with Crippen molar-refractivity contribution in [2.75, 3.05) is 47.0 Å². The normalized spacial score (nSPS) is 18.4. The number of ether oxygens (including phenoxy) is 2. The van der Waals surface area contributed by atoms with Gasteiger partial charge in [0.2, 0.25) is 0 Å². The number of nitrogens with zero attached hydrogens (tertiary/aromatic N) is 3. The van der Waals surface area contributed by atoms with E-state index in [0.717, 1.165) is 25.2 Å². The van der Waals surface area contributed by atoms with Crippen LogP contribution in [0.2, 0.25) is 0 Å². The van der Waals surface area contributed by atoms with Gasteiger partial charge >= 0.3 is 6.03 Å². The zero-order valence-electron chi connectivity index (χ0n) is 20.0. The SMILES string of the molecule is COCCN1C(=O)N(Cc2cccc(OC)c2)C(=O)C12CCN(CC=Cc1ccccc1)CC2. The molecular weight excluding hydrogens is 430 g/mol. The van der Waals surface area contributed by atoms with E-state index in [1.165, 1.54) is 10.5 Å². The maximum atomic E-state index is 13.7. The van der Waals surface area contributed by atoms with Gasteiger partial charge in [-0.25, -0.2) is 4.79 Å². The molecule has 0 N–H and O–H groups in total. The van der Waals surface area contributed by atoms with Crippen molar-refractivity contribution in [1.29, 1.82) is 0 Å². The van der Waals surface area contributed by atoms with Crippen molar-refractivity contribution in [2.45, 2.75) is 24.9 Å². The molecule has 2 fully saturated rings. The molecule has 0 bridgehead atoms. The van der Waals surface area contributed by atoms with Crippen LogP contribution in [0, 0.1) is 0 Å². The van der Waals surface area contributed by atoms with Gasteiger partial charge in [0.1, 0.15) is 11.3 Å². The summed E-state index contributed by atoms with van der Waals surface area (Å²) >= 11 is 0. The second-order valence-corrected chi connectivity index (χ2v) is 8.82. The number of likely N-dealkylation sites (tertiary alicyclic amines) is 1. The Balaban J connectivity index is 1.46. The van der Waals surface area contributed by atoms with Gasteiger partial charge in [-0.2, -0.15) is 0 Å². The minimum absolute atomic E-state index is 0.101. The molecule has 4 rings (SSSR count). The lowest BCUT2D eigenvalue weighted by Gasteiger charge is -2.42. The molecule has 0 saturated carbocycles. The van der Waals surface area contributed by atoms with Gasteiger partial charge in [0.15, 0.2) is 0 Å². The predicted octanol–water partition coefficient (Wildman–Crippen LogP) is 3.65. The summed E-state index contributed by atoms with van der Waals surface area (Å²) in [6.07, 6.45) is 5.52. The zero-order chi connectivity index (χ0) is 24.0. The molecule has 2 aromatic rings. The van der Waals surface area contributed by atoms with Gasteiger partial charge in [-0.15, -0.1) is 0 Å². The average molecular weight is 464 g/mol. The molecule has 0 unspecified atom stereocenters. The van der Waals surface area contributed by atoms with E-state index in [-0.39, 0.29) is 18.5 Å². The van der Waals surface area contributed by atoms with Crippen LogP contribution in [0.1, 0.15) is 24.0 Å². The molecule has 1 spiro atoms. The van der Waals surface area contributed by atoms with Crippen LogP contribution in [0.5, 0.6) is 5.75 Å². The Morgan fingerprint density at radius 3 is 2.47 bits per heavy atom. The minimum Gasteiger partial charge on any atom is -0.497 e. The summed E-state index contributed by atoms with van der Waals surface area (Å²) in [5, 5.41) is 0. The largest absolute Gasteiger partial charge is 0.497 e. The van der Waals surface area contributed by atoms with E-state index >= 15 is 0 Å². The number of urea groups is 1. The number of benzene rings is 2. The molecule has 180 valence electrons. The molecule has 2 aliphatic rings. The van der Waals surface area contributed by atoms with E-state index in [2.05, 4.69) is 29.2 Å². The molecular formula is C27H33N3O4. The third-order valence-corrected chi connectivity index (χ3v) is 6.77. The molecule has 2 aliphatic heterocycles. The van der Waals surface area contributed by atoms with Crippen molar-refractivity contribution in [3.63, 3.8) is 0 Å². The van der Waals surface area contributed by atoms with Crippen LogP contribution in [-0.4, -0.2) is 79.2 Å². The van der Waals surface area contributed by atoms with Crippen LogP contribution in [-0.2, 0) is 16.1 Å². The van der Waals surface area contributed by atoms with E-state index in [9.17, 15) is 9.59 Å². The number of rotatable bonds is 9. The molecule has 0 aliphatic carbocycles. The highest BCUT2D eigenvalue weighted by Crippen LogP contribution is 2.38. The van der Waals surface area contributed by atoms with Gasteiger partial charge in [-0.05, 0) is 36.1 Å². The van der Waals surface area contributed by atoms with Crippen molar-refractivity contribution in [3.05, 3.63) is 71.8 Å². The van der Waals surface area contributed by atoms with Crippen LogP contribution < -0.4 is 4.74 Å². The standard InChI is InChI=1S/C27H33N3O4/c1-33-19-18-30-26(32)29(21-23-10-6-12-24(20-23)34-2)25(31)27(30)13-16-28(17-14-27)15-7-11-22-8-4-3-5-9-22/h3-12,20H,13-19,21H2,1-2H3. The second kappa shape index (κ2) is 10.8. The van der Waals surface area contributed by atoms with E-state index in [4.69, 9.17) is 9.47 Å². The number of carbonyl (C=O) groups is 2. The van der Waals surface area contributed by atoms with Crippen LogP contribution in [0.3, 0.4) is 0 Å². The van der Waals surface area contributed by atoms with Gasteiger partial charge in [-0.3, -0.25) is 14.6 Å². The Kier molecular flexibility index (Phi) is 7.65. The quantitative estimate of drug-likeness (QED) is 0.531. The smallest absolute Gasteiger partial charge is 0.328 e. The second-order valence-electron chi connectivity index (χ2n) is 8.82. The highest BCUT2D eigenvalue weighted by Gasteiger charge is 2.57. The molecule has 34 heavy (non-hydrogen) atoms. The Hall–Kier alpha value is -3.16. The summed E-state index contributed by atoms with van der Waals surface area (Å²) in [5.41, 5.74) is 1.24. The van der Waals surface area contributed by atoms with E-state index in [0.29, 0.717) is 31.7 Å². The maximum absolute atomic E-state index is 13.7. The molecule has 2 heterocycles. The molecule has 7 nitrogen and oxygen atoms in total. The Morgan fingerprint density at radius 1 is 1.00 bits per heavy atom. The summed E-state index contributed by atoms with van der Waals surface area (Å²) < 4.78 is 10.6. The Morgan fingerprint density at radius 2 is 1.76 bits per heavy atom. The van der Waals surface area contributed by atoms with E-state index in [1.54, 1.807) is 19.1 Å². The summed E-state index contributed by atoms with van der Waals surface area (Å²) in [6, 6.07) is 17.5. The number of hydrogen-bond donors (Lipinski definition) is 0. The number of carbonyl (C=O) groups excluding carboxylic acids is 2. The van der Waals surface area contributed by atoms with Gasteiger partial charge in [-0.1, -0.05) is 54.6 Å². The average Bonchev–Trinajstić information content (AvgIpc) is 3.05. The van der Waals surface area contributed by atoms with Crippen LogP contribution in [0.15, 0.2) is 60.7 Å². The third kappa shape index (κ3) is 5.00. The first-order chi connectivity index (χ1) is 16.6. The number of amides is 3. The van der Waals surface area contributed by atoms with Crippen LogP contribution >= 0.6 is 0 Å². The van der Waals surface area contributed by atoms with E-state index < -0.39 is 5.54 Å². The van der Waals surface area contributed by atoms with Crippen molar-refractivity contribution in [2.24, 2.45) is 0 Å². The lowest BCUT2D eigenvalue weighted by Crippen LogP contribution is -2.57. The van der Waals surface area contributed by atoms with Crippen molar-refractivity contribution >= 4 is 18.0 Å². The fourth-order valence-electron chi connectivity index (χ4n) is 4.86. The van der Waals surface area contributed by atoms with Gasteiger partial charge in [0.05, 0.1) is 20.3 Å². The summed E-state index contributed by atoms with van der Waals surface area (Å²) in [7, 11) is 3.22. The Bertz CT molecular complexity index is 1020. The van der Waals surface area contributed by atoms with Gasteiger partial charge in [0.25, 0.3) is 5.91 Å². The molecule has 3 amide bonds. The lowest BCUT2D eigenvalue weighted by molar-refractivity contribution is -0.136. The molecule has 0 aromatic heterocycles. The van der Waals surface area contributed by atoms with Crippen molar-refractivity contribution in [1.82, 2.24) is 14.7 Å². The van der Waals surface area contributed by atoms with Gasteiger partial charge < -0.3 is 14.4 Å². The predicted molar refractivity (Wildman–Crippen MR) is 131 cm³/mol. The third-order valence-electron chi connectivity index (χ3n) is 6.77. The Labute approximate surface area is 201 Å². The highest BCUT2D eigenvalue weighted by atomic mass is 16.5. The maximum Gasteiger partial charge on any atom is 0.328 e. The fraction of sp³-hybridized carbons (Fsp3) is 0.407. The summed E-state index contributed by atoms with van der Waals surface area (Å²) in [5.74, 6) is 0.607. The zero-order valence-corrected chi connectivity index (χ0v) is 20.0. The molecule has 7 heteroatoms. The minimum atomic E-state index is -0.797. The van der Waals surface area contributed by atoms with E-state index in [1.807, 2.05) is 42.5 Å². The molecule has 0 radical (unpaired) electrons. The highest BCUT2D eigenvalue weighted by molar-refractivity contribution is 6.07. The molecule has 2 aromatic carbocycles. The molecule has 0 atom stereocenters. The number of imide groups is 1. The number of hydrogen-bond acceptors (Lipinski definition) is 5. The number of methoxy groups -OCH3 is 2. The fourth-order valence-corrected chi connectivity index (χ4v) is 4.86. The summed E-state index contributed by atoms with van der Waals surface area (Å²) in [6.45, 7) is 3.38. The summed E-state index contributed by atoms with van der Waals surface area (Å²) in [4.78, 5) is 32.6. The van der Waals surface area contributed by atoms with Crippen molar-refractivity contribution in [3.8, 4) is 5.75 Å². The van der Waals surface area contributed by atoms with Crippen LogP contribution in [0.25, 0.3) is 6.08 Å². The number of piperidine rings is 1. The lowest BCUT2D eigenvalue weighted by atomic mass is 9.85. The first-order valence-electron chi connectivity index (χ1n) is 11.8. The van der Waals surface area contributed by atoms with Crippen LogP contribution in [0.4, 0.5) is 4.79 Å².